The summed E-state index contributed by atoms with van der Waals surface area (Å²) in [5.74, 6) is -2.81. The average Bonchev–Trinajstić information content (AvgIpc) is 2.02. The van der Waals surface area contributed by atoms with E-state index in [0.29, 0.717) is 0 Å². The molecule has 0 rings (SSSR count). The molecule has 88 valence electrons. The van der Waals surface area contributed by atoms with Crippen molar-refractivity contribution in [2.75, 3.05) is 18.6 Å². The number of sulfone groups is 1. The topological polar surface area (TPSA) is 77.5 Å². The van der Waals surface area contributed by atoms with Crippen molar-refractivity contribution in [3.05, 3.63) is 0 Å². The molecule has 0 N–H and O–H groups in total. The Morgan fingerprint density at radius 3 is 2.13 bits per heavy atom. The maximum absolute atomic E-state index is 11.4. The Morgan fingerprint density at radius 2 is 1.80 bits per heavy atom. The number of ether oxygens (including phenoxy) is 1. The van der Waals surface area contributed by atoms with Crippen LogP contribution in [0, 0.1) is 5.92 Å². The van der Waals surface area contributed by atoms with Gasteiger partial charge in [-0.3, -0.25) is 9.59 Å². The fourth-order valence-electron chi connectivity index (χ4n) is 1.13. The predicted molar refractivity (Wildman–Crippen MR) is 55.1 cm³/mol. The van der Waals surface area contributed by atoms with Crippen molar-refractivity contribution in [3.63, 3.8) is 0 Å². The second-order valence-electron chi connectivity index (χ2n) is 3.25. The standard InChI is InChI=1S/C9H16O5S/c1-4-7(9(11)14-5-2)8(10)6-15(3,12)13/h7H,4-6H2,1-3H3. The molecule has 15 heavy (non-hydrogen) atoms. The molecule has 0 aliphatic heterocycles. The zero-order valence-electron chi connectivity index (χ0n) is 9.15. The maximum atomic E-state index is 11.4. The lowest BCUT2D eigenvalue weighted by Gasteiger charge is -2.11. The Bertz CT molecular complexity index is 330. The van der Waals surface area contributed by atoms with E-state index in [1.165, 1.54) is 0 Å². The number of Topliss-reactive ketones (excluding diaryl/α,β-unsaturated/α-hetero) is 1. The maximum Gasteiger partial charge on any atom is 0.316 e. The summed E-state index contributed by atoms with van der Waals surface area (Å²) < 4.78 is 26.4. The molecule has 0 saturated heterocycles. The highest BCUT2D eigenvalue weighted by atomic mass is 32.2. The van der Waals surface area contributed by atoms with E-state index in [1.54, 1.807) is 13.8 Å². The Labute approximate surface area is 89.7 Å². The molecule has 0 aromatic heterocycles. The Morgan fingerprint density at radius 1 is 1.27 bits per heavy atom. The molecule has 0 aromatic rings. The van der Waals surface area contributed by atoms with Crippen LogP contribution in [0.3, 0.4) is 0 Å². The quantitative estimate of drug-likeness (QED) is 0.486. The normalized spacial score (nSPS) is 13.3. The van der Waals surface area contributed by atoms with Gasteiger partial charge in [-0.25, -0.2) is 8.42 Å². The summed E-state index contributed by atoms with van der Waals surface area (Å²) in [7, 11) is -3.38. The number of esters is 1. The molecule has 0 heterocycles. The van der Waals surface area contributed by atoms with Crippen LogP contribution >= 0.6 is 0 Å². The zero-order chi connectivity index (χ0) is 12.1. The van der Waals surface area contributed by atoms with Crippen LogP contribution in [0.1, 0.15) is 20.3 Å². The highest BCUT2D eigenvalue weighted by Gasteiger charge is 2.28. The summed E-state index contributed by atoms with van der Waals surface area (Å²) in [5, 5.41) is 0. The largest absolute Gasteiger partial charge is 0.465 e. The van der Waals surface area contributed by atoms with E-state index < -0.39 is 33.3 Å². The van der Waals surface area contributed by atoms with Gasteiger partial charge in [-0.05, 0) is 13.3 Å². The monoisotopic (exact) mass is 236 g/mol. The van der Waals surface area contributed by atoms with Gasteiger partial charge in [0.25, 0.3) is 0 Å². The number of hydrogen-bond donors (Lipinski definition) is 0. The Balaban J connectivity index is 4.55. The fraction of sp³-hybridized carbons (Fsp3) is 0.778. The number of carbonyl (C=O) groups is 2. The van der Waals surface area contributed by atoms with Crippen molar-refractivity contribution in [2.45, 2.75) is 20.3 Å². The SMILES string of the molecule is CCOC(=O)C(CC)C(=O)CS(C)(=O)=O. The molecule has 6 heteroatoms. The van der Waals surface area contributed by atoms with Crippen LogP contribution in [0.2, 0.25) is 0 Å². The first-order valence-corrected chi connectivity index (χ1v) is 6.75. The third-order valence-corrected chi connectivity index (χ3v) is 2.58. The van der Waals surface area contributed by atoms with Gasteiger partial charge in [0.1, 0.15) is 11.7 Å². The van der Waals surface area contributed by atoms with E-state index in [9.17, 15) is 18.0 Å². The molecule has 5 nitrogen and oxygen atoms in total. The van der Waals surface area contributed by atoms with Crippen molar-refractivity contribution in [2.24, 2.45) is 5.92 Å². The molecule has 0 saturated carbocycles. The second kappa shape index (κ2) is 5.85. The van der Waals surface area contributed by atoms with E-state index in [4.69, 9.17) is 0 Å². The van der Waals surface area contributed by atoms with Crippen LogP contribution in [0.4, 0.5) is 0 Å². The van der Waals surface area contributed by atoms with Crippen LogP contribution in [-0.4, -0.2) is 38.8 Å². The van der Waals surface area contributed by atoms with Gasteiger partial charge in [-0.1, -0.05) is 6.92 Å². The molecule has 0 bridgehead atoms. The summed E-state index contributed by atoms with van der Waals surface area (Å²) >= 11 is 0. The molecule has 0 radical (unpaired) electrons. The molecule has 0 amide bonds. The van der Waals surface area contributed by atoms with Gasteiger partial charge in [-0.15, -0.1) is 0 Å². The van der Waals surface area contributed by atoms with Gasteiger partial charge in [0.2, 0.25) is 0 Å². The van der Waals surface area contributed by atoms with Crippen LogP contribution in [0.25, 0.3) is 0 Å². The lowest BCUT2D eigenvalue weighted by Crippen LogP contribution is -2.30. The van der Waals surface area contributed by atoms with Crippen molar-refractivity contribution in [1.29, 1.82) is 0 Å². The van der Waals surface area contributed by atoms with Gasteiger partial charge in [0, 0.05) is 6.26 Å². The third kappa shape index (κ3) is 5.51. The summed E-state index contributed by atoms with van der Waals surface area (Å²) in [6, 6.07) is 0. The lowest BCUT2D eigenvalue weighted by molar-refractivity contribution is -0.151. The van der Waals surface area contributed by atoms with Crippen LogP contribution in [0.15, 0.2) is 0 Å². The molecular weight excluding hydrogens is 220 g/mol. The summed E-state index contributed by atoms with van der Waals surface area (Å²) in [5.41, 5.74) is 0. The smallest absolute Gasteiger partial charge is 0.316 e. The van der Waals surface area contributed by atoms with E-state index in [2.05, 4.69) is 4.74 Å². The van der Waals surface area contributed by atoms with Gasteiger partial charge < -0.3 is 4.74 Å². The summed E-state index contributed by atoms with van der Waals surface area (Å²) in [6.45, 7) is 3.45. The minimum absolute atomic E-state index is 0.182. The van der Waals surface area contributed by atoms with Crippen LogP contribution in [-0.2, 0) is 24.2 Å². The fourth-order valence-corrected chi connectivity index (χ4v) is 1.85. The average molecular weight is 236 g/mol. The van der Waals surface area contributed by atoms with Crippen LogP contribution in [0.5, 0.6) is 0 Å². The minimum atomic E-state index is -3.38. The third-order valence-electron chi connectivity index (χ3n) is 1.77. The first kappa shape index (κ1) is 14.1. The number of ketones is 1. The molecule has 0 aromatic carbocycles. The van der Waals surface area contributed by atoms with Crippen molar-refractivity contribution < 1.29 is 22.7 Å². The van der Waals surface area contributed by atoms with Crippen molar-refractivity contribution >= 4 is 21.6 Å². The van der Waals surface area contributed by atoms with E-state index in [-0.39, 0.29) is 13.0 Å². The first-order chi connectivity index (χ1) is 6.81. The highest BCUT2D eigenvalue weighted by molar-refractivity contribution is 7.91. The zero-order valence-corrected chi connectivity index (χ0v) is 9.96. The number of carbonyl (C=O) groups excluding carboxylic acids is 2. The molecule has 0 spiro atoms. The van der Waals surface area contributed by atoms with Gasteiger partial charge in [0.05, 0.1) is 6.61 Å². The van der Waals surface area contributed by atoms with E-state index >= 15 is 0 Å². The van der Waals surface area contributed by atoms with Crippen LogP contribution < -0.4 is 0 Å². The molecule has 1 unspecified atom stereocenters. The molecule has 0 aliphatic rings. The number of rotatable bonds is 6. The van der Waals surface area contributed by atoms with E-state index in [1.807, 2.05) is 0 Å². The minimum Gasteiger partial charge on any atom is -0.465 e. The number of hydrogen-bond acceptors (Lipinski definition) is 5. The van der Waals surface area contributed by atoms with Gasteiger partial charge in [-0.2, -0.15) is 0 Å². The lowest BCUT2D eigenvalue weighted by atomic mass is 10.0. The summed E-state index contributed by atoms with van der Waals surface area (Å²) in [6.07, 6.45) is 1.22. The molecular formula is C9H16O5S. The Kier molecular flexibility index (Phi) is 5.49. The van der Waals surface area contributed by atoms with Gasteiger partial charge in [0.15, 0.2) is 15.6 Å². The van der Waals surface area contributed by atoms with Crippen molar-refractivity contribution in [1.82, 2.24) is 0 Å². The first-order valence-electron chi connectivity index (χ1n) is 4.68. The van der Waals surface area contributed by atoms with Gasteiger partial charge >= 0.3 is 5.97 Å². The van der Waals surface area contributed by atoms with Crippen molar-refractivity contribution in [3.8, 4) is 0 Å². The molecule has 0 fully saturated rings. The Hall–Kier alpha value is -0.910. The predicted octanol–water partition coefficient (Wildman–Crippen LogP) is 0.189. The molecule has 0 aliphatic carbocycles. The van der Waals surface area contributed by atoms with E-state index in [0.717, 1.165) is 6.26 Å². The molecule has 1 atom stereocenters. The highest BCUT2D eigenvalue weighted by Crippen LogP contribution is 2.08. The second-order valence-corrected chi connectivity index (χ2v) is 5.39. The summed E-state index contributed by atoms with van der Waals surface area (Å²) in [4.78, 5) is 22.7.